The van der Waals surface area contributed by atoms with E-state index < -0.39 is 18.6 Å². The Morgan fingerprint density at radius 3 is 2.46 bits per heavy atom. The van der Waals surface area contributed by atoms with Crippen molar-refractivity contribution < 1.29 is 19.8 Å². The Balaban J connectivity index is 1.36. The van der Waals surface area contributed by atoms with Crippen LogP contribution in [0.25, 0.3) is 0 Å². The highest BCUT2D eigenvalue weighted by molar-refractivity contribution is 6.32. The van der Waals surface area contributed by atoms with Gasteiger partial charge in [0.2, 0.25) is 0 Å². The van der Waals surface area contributed by atoms with Gasteiger partial charge in [-0.05, 0) is 43.5 Å². The van der Waals surface area contributed by atoms with Crippen LogP contribution in [0.4, 0.5) is 11.6 Å². The summed E-state index contributed by atoms with van der Waals surface area (Å²) < 4.78 is 0. The first-order chi connectivity index (χ1) is 18.7. The van der Waals surface area contributed by atoms with Gasteiger partial charge in [0.25, 0.3) is 11.8 Å². The molecule has 2 aliphatic rings. The van der Waals surface area contributed by atoms with Gasteiger partial charge in [0.05, 0.1) is 12.7 Å². The number of aliphatic hydroxyl groups is 2. The lowest BCUT2D eigenvalue weighted by molar-refractivity contribution is 0.0490. The summed E-state index contributed by atoms with van der Waals surface area (Å²) in [6, 6.07) is 7.64. The molecule has 2 atom stereocenters. The molecule has 2 fully saturated rings. The number of anilines is 2. The molecule has 5 N–H and O–H groups in total. The average Bonchev–Trinajstić information content (AvgIpc) is 2.96. The van der Waals surface area contributed by atoms with Gasteiger partial charge < -0.3 is 31.1 Å². The summed E-state index contributed by atoms with van der Waals surface area (Å²) in [6.07, 6.45) is 1.64. The Labute approximate surface area is 237 Å². The number of piperazine rings is 1. The molecule has 4 rings (SSSR count). The average molecular weight is 581 g/mol. The van der Waals surface area contributed by atoms with Crippen molar-refractivity contribution in [1.29, 1.82) is 0 Å². The van der Waals surface area contributed by atoms with Crippen LogP contribution in [0.5, 0.6) is 0 Å². The summed E-state index contributed by atoms with van der Waals surface area (Å²) in [7, 11) is 0. The van der Waals surface area contributed by atoms with Crippen LogP contribution in [-0.2, 0) is 0 Å². The molecule has 39 heavy (non-hydrogen) atoms. The number of likely N-dealkylation sites (tertiary alicyclic amines) is 1. The number of nitrogens with one attached hydrogen (secondary N) is 1. The molecule has 0 aliphatic carbocycles. The third kappa shape index (κ3) is 6.90. The van der Waals surface area contributed by atoms with E-state index in [0.29, 0.717) is 48.6 Å². The van der Waals surface area contributed by atoms with E-state index in [1.165, 1.54) is 0 Å². The summed E-state index contributed by atoms with van der Waals surface area (Å²) in [5, 5.41) is 21.5. The maximum atomic E-state index is 12.9. The molecule has 1 aromatic heterocycles. The number of amides is 2. The van der Waals surface area contributed by atoms with Crippen molar-refractivity contribution in [1.82, 2.24) is 25.1 Å². The fraction of sp³-hybridized carbons (Fsp3) is 0.538. The zero-order chi connectivity index (χ0) is 28.1. The van der Waals surface area contributed by atoms with Gasteiger partial charge in [-0.25, -0.2) is 9.97 Å². The smallest absolute Gasteiger partial charge is 0.273 e. The Kier molecular flexibility index (Phi) is 9.84. The minimum absolute atomic E-state index is 0.0366. The van der Waals surface area contributed by atoms with E-state index in [1.807, 2.05) is 9.80 Å². The van der Waals surface area contributed by atoms with Crippen LogP contribution >= 0.6 is 23.2 Å². The van der Waals surface area contributed by atoms with E-state index in [0.717, 1.165) is 25.8 Å². The highest BCUT2D eigenvalue weighted by Gasteiger charge is 2.35. The Morgan fingerprint density at radius 2 is 1.82 bits per heavy atom. The molecule has 3 heterocycles. The third-order valence-electron chi connectivity index (χ3n) is 7.40. The highest BCUT2D eigenvalue weighted by Crippen LogP contribution is 2.30. The van der Waals surface area contributed by atoms with Gasteiger partial charge in [0.15, 0.2) is 22.5 Å². The molecule has 0 bridgehead atoms. The number of aliphatic hydroxyl groups excluding tert-OH is 2. The number of rotatable bonds is 8. The van der Waals surface area contributed by atoms with Crippen molar-refractivity contribution in [2.75, 3.05) is 56.5 Å². The van der Waals surface area contributed by atoms with E-state index in [9.17, 15) is 14.7 Å². The lowest BCUT2D eigenvalue weighted by atomic mass is 9.97. The predicted molar refractivity (Wildman–Crippen MR) is 150 cm³/mol. The van der Waals surface area contributed by atoms with Crippen molar-refractivity contribution in [3.63, 3.8) is 0 Å². The molecule has 0 spiro atoms. The molecule has 2 saturated heterocycles. The minimum Gasteiger partial charge on any atom is -0.394 e. The normalized spacial score (nSPS) is 19.7. The summed E-state index contributed by atoms with van der Waals surface area (Å²) in [5.74, 6) is -0.214. The predicted octanol–water partition coefficient (Wildman–Crippen LogP) is 1.65. The zero-order valence-corrected chi connectivity index (χ0v) is 23.4. The topological polar surface area (TPSA) is 148 Å². The number of nitrogens with two attached hydrogens (primary N) is 1. The number of piperidine rings is 1. The van der Waals surface area contributed by atoms with Gasteiger partial charge in [0, 0.05) is 61.9 Å². The minimum atomic E-state index is -1.09. The van der Waals surface area contributed by atoms with E-state index in [-0.39, 0.29) is 35.2 Å². The van der Waals surface area contributed by atoms with E-state index in [1.54, 1.807) is 24.3 Å². The summed E-state index contributed by atoms with van der Waals surface area (Å²) >= 11 is 12.4. The Morgan fingerprint density at radius 1 is 1.13 bits per heavy atom. The molecule has 1 aromatic carbocycles. The maximum absolute atomic E-state index is 12.9. The number of carbonyl (C=O) groups excluding carboxylic acids is 2. The number of hydrogen-bond acceptors (Lipinski definition) is 9. The van der Waals surface area contributed by atoms with Crippen molar-refractivity contribution in [3.8, 4) is 0 Å². The number of carbonyl (C=O) groups is 2. The molecule has 11 nitrogen and oxygen atoms in total. The van der Waals surface area contributed by atoms with Crippen molar-refractivity contribution >= 4 is 46.7 Å². The fourth-order valence-corrected chi connectivity index (χ4v) is 5.60. The van der Waals surface area contributed by atoms with Gasteiger partial charge in [-0.2, -0.15) is 0 Å². The van der Waals surface area contributed by atoms with Crippen LogP contribution < -0.4 is 16.0 Å². The van der Waals surface area contributed by atoms with E-state index in [4.69, 9.17) is 34.0 Å². The first-order valence-corrected chi connectivity index (χ1v) is 13.9. The number of nitrogens with zero attached hydrogens (tertiary/aromatic N) is 5. The number of benzene rings is 1. The molecule has 2 aliphatic heterocycles. The molecule has 0 unspecified atom stereocenters. The van der Waals surface area contributed by atoms with Crippen molar-refractivity contribution in [2.45, 2.75) is 44.4 Å². The molecular weight excluding hydrogens is 545 g/mol. The standard InChI is InChI=1S/C26H35Cl2N7O4/c1-2-18-14-34(24-22(28)31-21(23(29)32-24)25(38)30-13-20(37)15-36)11-12-35(18)19-7-9-33(10-8-19)26(39)16-3-5-17(27)6-4-16/h3-6,18-20,36-37H,2,7-15H2,1H3,(H2,29,32)(H,30,38)/t18-,20+/m0/s1. The lowest BCUT2D eigenvalue weighted by Crippen LogP contribution is -2.58. The molecule has 13 heteroatoms. The molecule has 2 aromatic rings. The molecule has 0 radical (unpaired) electrons. The summed E-state index contributed by atoms with van der Waals surface area (Å²) in [6.45, 7) is 5.08. The van der Waals surface area contributed by atoms with Gasteiger partial charge >= 0.3 is 0 Å². The molecular formula is C26H35Cl2N7O4. The summed E-state index contributed by atoms with van der Waals surface area (Å²) in [5.41, 5.74) is 6.58. The second kappa shape index (κ2) is 13.1. The van der Waals surface area contributed by atoms with E-state index >= 15 is 0 Å². The zero-order valence-electron chi connectivity index (χ0n) is 21.9. The SMILES string of the molecule is CC[C@H]1CN(c2nc(N)c(C(=O)NC[C@@H](O)CO)nc2Cl)CCN1C1CCN(C(=O)c2ccc(Cl)cc2)CC1. The molecule has 212 valence electrons. The van der Waals surface area contributed by atoms with Crippen LogP contribution in [0, 0.1) is 0 Å². The van der Waals surface area contributed by atoms with Gasteiger partial charge in [-0.15, -0.1) is 0 Å². The van der Waals surface area contributed by atoms with Crippen LogP contribution in [0.1, 0.15) is 47.0 Å². The van der Waals surface area contributed by atoms with Crippen LogP contribution in [0.2, 0.25) is 10.2 Å². The van der Waals surface area contributed by atoms with Crippen LogP contribution in [0.3, 0.4) is 0 Å². The number of halogens is 2. The second-order valence-electron chi connectivity index (χ2n) is 9.89. The van der Waals surface area contributed by atoms with Gasteiger partial charge in [0.1, 0.15) is 0 Å². The first kappa shape index (κ1) is 29.3. The first-order valence-electron chi connectivity index (χ1n) is 13.2. The Hall–Kier alpha value is -2.70. The molecule has 0 saturated carbocycles. The fourth-order valence-electron chi connectivity index (χ4n) is 5.23. The number of hydrogen-bond donors (Lipinski definition) is 4. The van der Waals surface area contributed by atoms with E-state index in [2.05, 4.69) is 27.1 Å². The van der Waals surface area contributed by atoms with Gasteiger partial charge in [-0.1, -0.05) is 30.1 Å². The number of aromatic nitrogens is 2. The second-order valence-corrected chi connectivity index (χ2v) is 10.7. The summed E-state index contributed by atoms with van der Waals surface area (Å²) in [4.78, 5) is 40.4. The maximum Gasteiger partial charge on any atom is 0.273 e. The van der Waals surface area contributed by atoms with Crippen molar-refractivity contribution in [2.24, 2.45) is 0 Å². The Bertz CT molecular complexity index is 1160. The number of nitrogen functional groups attached to an aromatic ring is 1. The quantitative estimate of drug-likeness (QED) is 0.366. The highest BCUT2D eigenvalue weighted by atomic mass is 35.5. The monoisotopic (exact) mass is 579 g/mol. The van der Waals surface area contributed by atoms with Crippen molar-refractivity contribution in [3.05, 3.63) is 45.7 Å². The lowest BCUT2D eigenvalue weighted by Gasteiger charge is -2.47. The van der Waals surface area contributed by atoms with Gasteiger partial charge in [-0.3, -0.25) is 14.5 Å². The third-order valence-corrected chi connectivity index (χ3v) is 7.90. The van der Waals surface area contributed by atoms with Crippen LogP contribution in [0.15, 0.2) is 24.3 Å². The van der Waals surface area contributed by atoms with Crippen LogP contribution in [-0.4, -0.2) is 106 Å². The largest absolute Gasteiger partial charge is 0.394 e. The molecule has 2 amide bonds.